The molecular weight excluding hydrogens is 380 g/mol. The first-order valence-corrected chi connectivity index (χ1v) is 9.63. The molecule has 3 aromatic rings. The number of benzene rings is 2. The highest BCUT2D eigenvalue weighted by molar-refractivity contribution is 6.05. The normalized spacial score (nSPS) is 18.3. The highest BCUT2D eigenvalue weighted by Gasteiger charge is 2.39. The number of rotatable bonds is 2. The molecule has 2 aromatic carbocycles. The Morgan fingerprint density at radius 3 is 2.70 bits per heavy atom. The van der Waals surface area contributed by atoms with E-state index in [1.54, 1.807) is 12.1 Å². The average Bonchev–Trinajstić information content (AvgIpc) is 3.08. The van der Waals surface area contributed by atoms with Crippen molar-refractivity contribution in [3.63, 3.8) is 0 Å². The van der Waals surface area contributed by atoms with Crippen molar-refractivity contribution in [1.29, 1.82) is 5.26 Å². The molecule has 1 atom stereocenters. The van der Waals surface area contributed by atoms with E-state index in [-0.39, 0.29) is 24.8 Å². The molecule has 2 aliphatic heterocycles. The zero-order valence-corrected chi connectivity index (χ0v) is 15.9. The summed E-state index contributed by atoms with van der Waals surface area (Å²) in [5.74, 6) is -0.961. The van der Waals surface area contributed by atoms with E-state index in [2.05, 4.69) is 16.4 Å². The number of nitriles is 1. The van der Waals surface area contributed by atoms with Gasteiger partial charge in [0, 0.05) is 29.5 Å². The second-order valence-electron chi connectivity index (χ2n) is 7.46. The number of nitrogens with zero attached hydrogens (tertiary/aromatic N) is 3. The van der Waals surface area contributed by atoms with Crippen molar-refractivity contribution in [3.05, 3.63) is 65.4 Å². The minimum Gasteiger partial charge on any atom is -0.322 e. The molecule has 146 valence electrons. The van der Waals surface area contributed by atoms with Crippen molar-refractivity contribution in [1.82, 2.24) is 15.2 Å². The monoisotopic (exact) mass is 396 g/mol. The summed E-state index contributed by atoms with van der Waals surface area (Å²) < 4.78 is 0. The number of hydrogen-bond acceptors (Lipinski definition) is 5. The molecule has 0 aliphatic carbocycles. The molecule has 0 bridgehead atoms. The van der Waals surface area contributed by atoms with Gasteiger partial charge >= 0.3 is 0 Å². The molecule has 1 saturated heterocycles. The molecule has 3 amide bonds. The van der Waals surface area contributed by atoms with Crippen LogP contribution in [0, 0.1) is 11.3 Å². The van der Waals surface area contributed by atoms with Crippen molar-refractivity contribution in [2.75, 3.05) is 0 Å². The summed E-state index contributed by atoms with van der Waals surface area (Å²) in [5.41, 5.74) is 3.89. The maximum Gasteiger partial charge on any atom is 0.255 e. The Bertz CT molecular complexity index is 1290. The van der Waals surface area contributed by atoms with Crippen molar-refractivity contribution in [2.24, 2.45) is 0 Å². The molecule has 2 aliphatic rings. The standard InChI is InChI=1S/C23H16N4O3/c24-11-19-17(10-14-3-1-2-4-18(14)25-19)13-5-6-16-15(9-13)12-27(23(16)30)20-7-8-21(28)26-22(20)29/h1-6,9-10,20H,7-8,12H2,(H,26,28,29). The van der Waals surface area contributed by atoms with Crippen LogP contribution in [0.5, 0.6) is 0 Å². The SMILES string of the molecule is N#Cc1nc2ccccc2cc1-c1ccc2c(c1)CN(C1CCC(=O)NC1=O)C2=O. The van der Waals surface area contributed by atoms with Gasteiger partial charge in [0.15, 0.2) is 0 Å². The number of aromatic nitrogens is 1. The van der Waals surface area contributed by atoms with Gasteiger partial charge in [0.1, 0.15) is 17.8 Å². The van der Waals surface area contributed by atoms with E-state index in [0.29, 0.717) is 23.2 Å². The lowest BCUT2D eigenvalue weighted by atomic mass is 9.98. The predicted molar refractivity (Wildman–Crippen MR) is 108 cm³/mol. The smallest absolute Gasteiger partial charge is 0.255 e. The van der Waals surface area contributed by atoms with Gasteiger partial charge < -0.3 is 4.90 Å². The topological polar surface area (TPSA) is 103 Å². The zero-order chi connectivity index (χ0) is 20.8. The van der Waals surface area contributed by atoms with E-state index in [0.717, 1.165) is 22.0 Å². The summed E-state index contributed by atoms with van der Waals surface area (Å²) in [6.07, 6.45) is 0.542. The van der Waals surface area contributed by atoms with Crippen LogP contribution < -0.4 is 5.32 Å². The van der Waals surface area contributed by atoms with E-state index in [9.17, 15) is 19.6 Å². The summed E-state index contributed by atoms with van der Waals surface area (Å²) in [6.45, 7) is 0.289. The van der Waals surface area contributed by atoms with Crippen molar-refractivity contribution >= 4 is 28.6 Å². The number of nitrogens with one attached hydrogen (secondary N) is 1. The summed E-state index contributed by atoms with van der Waals surface area (Å²) >= 11 is 0. The number of pyridine rings is 1. The molecule has 0 radical (unpaired) electrons. The number of para-hydroxylation sites is 1. The fourth-order valence-electron chi connectivity index (χ4n) is 4.16. The first-order valence-electron chi connectivity index (χ1n) is 9.63. The Morgan fingerprint density at radius 2 is 1.90 bits per heavy atom. The molecule has 3 heterocycles. The molecule has 1 aromatic heterocycles. The maximum absolute atomic E-state index is 12.9. The summed E-state index contributed by atoms with van der Waals surface area (Å²) in [4.78, 5) is 42.5. The lowest BCUT2D eigenvalue weighted by Crippen LogP contribution is -2.52. The number of carbonyl (C=O) groups excluding carboxylic acids is 3. The number of piperidine rings is 1. The minimum absolute atomic E-state index is 0.218. The van der Waals surface area contributed by atoms with Gasteiger partial charge in [-0.3, -0.25) is 19.7 Å². The van der Waals surface area contributed by atoms with Crippen LogP contribution in [0.15, 0.2) is 48.5 Å². The van der Waals surface area contributed by atoms with E-state index in [1.165, 1.54) is 4.90 Å². The fourth-order valence-corrected chi connectivity index (χ4v) is 4.16. The molecule has 7 nitrogen and oxygen atoms in total. The van der Waals surface area contributed by atoms with E-state index in [1.807, 2.05) is 36.4 Å². The van der Waals surface area contributed by atoms with Gasteiger partial charge in [-0.05, 0) is 41.8 Å². The van der Waals surface area contributed by atoms with Gasteiger partial charge in [-0.1, -0.05) is 24.3 Å². The molecule has 1 N–H and O–H groups in total. The van der Waals surface area contributed by atoms with E-state index < -0.39 is 11.9 Å². The largest absolute Gasteiger partial charge is 0.322 e. The predicted octanol–water partition coefficient (Wildman–Crippen LogP) is 2.53. The van der Waals surface area contributed by atoms with Gasteiger partial charge in [0.25, 0.3) is 5.91 Å². The van der Waals surface area contributed by atoms with Crippen LogP contribution in [-0.4, -0.2) is 33.6 Å². The van der Waals surface area contributed by atoms with Crippen molar-refractivity contribution in [2.45, 2.75) is 25.4 Å². The highest BCUT2D eigenvalue weighted by Crippen LogP contribution is 2.33. The van der Waals surface area contributed by atoms with Crippen LogP contribution in [0.4, 0.5) is 0 Å². The lowest BCUT2D eigenvalue weighted by molar-refractivity contribution is -0.136. The molecule has 5 rings (SSSR count). The molecule has 7 heteroatoms. The second-order valence-corrected chi connectivity index (χ2v) is 7.46. The van der Waals surface area contributed by atoms with Crippen LogP contribution >= 0.6 is 0 Å². The fraction of sp³-hybridized carbons (Fsp3) is 0.174. The number of hydrogen-bond donors (Lipinski definition) is 1. The average molecular weight is 396 g/mol. The Labute approximate surface area is 171 Å². The van der Waals surface area contributed by atoms with Gasteiger partial charge in [-0.15, -0.1) is 0 Å². The summed E-state index contributed by atoms with van der Waals surface area (Å²) in [6, 6.07) is 16.4. The molecule has 0 saturated carbocycles. The number of carbonyl (C=O) groups is 3. The summed E-state index contributed by atoms with van der Waals surface area (Å²) in [7, 11) is 0. The van der Waals surface area contributed by atoms with Crippen LogP contribution in [-0.2, 0) is 16.1 Å². The van der Waals surface area contributed by atoms with Crippen LogP contribution in [0.1, 0.15) is 34.5 Å². The second kappa shape index (κ2) is 6.78. The van der Waals surface area contributed by atoms with Crippen molar-refractivity contribution < 1.29 is 14.4 Å². The molecule has 0 spiro atoms. The molecule has 30 heavy (non-hydrogen) atoms. The molecule has 1 fully saturated rings. The van der Waals surface area contributed by atoms with Crippen molar-refractivity contribution in [3.8, 4) is 17.2 Å². The third-order valence-corrected chi connectivity index (χ3v) is 5.66. The first-order chi connectivity index (χ1) is 14.5. The third kappa shape index (κ3) is 2.81. The van der Waals surface area contributed by atoms with E-state index >= 15 is 0 Å². The van der Waals surface area contributed by atoms with Crippen LogP contribution in [0.25, 0.3) is 22.0 Å². The molecular formula is C23H16N4O3. The van der Waals surface area contributed by atoms with Crippen LogP contribution in [0.3, 0.4) is 0 Å². The highest BCUT2D eigenvalue weighted by atomic mass is 16.2. The zero-order valence-electron chi connectivity index (χ0n) is 15.9. The Kier molecular flexibility index (Phi) is 4.07. The maximum atomic E-state index is 12.9. The Morgan fingerprint density at radius 1 is 1.07 bits per heavy atom. The quantitative estimate of drug-likeness (QED) is 0.671. The van der Waals surface area contributed by atoms with E-state index in [4.69, 9.17) is 0 Å². The minimum atomic E-state index is -0.650. The number of imide groups is 1. The third-order valence-electron chi connectivity index (χ3n) is 5.66. The van der Waals surface area contributed by atoms with Gasteiger partial charge in [0.2, 0.25) is 11.8 Å². The van der Waals surface area contributed by atoms with Gasteiger partial charge in [0.05, 0.1) is 5.52 Å². The first kappa shape index (κ1) is 18.0. The summed E-state index contributed by atoms with van der Waals surface area (Å²) in [5, 5.41) is 12.8. The molecule has 1 unspecified atom stereocenters. The van der Waals surface area contributed by atoms with Gasteiger partial charge in [-0.2, -0.15) is 5.26 Å². The van der Waals surface area contributed by atoms with Gasteiger partial charge in [-0.25, -0.2) is 4.98 Å². The van der Waals surface area contributed by atoms with Crippen LogP contribution in [0.2, 0.25) is 0 Å². The number of amides is 3. The number of fused-ring (bicyclic) bond motifs is 2. The Hall–Kier alpha value is -4.05. The lowest BCUT2D eigenvalue weighted by Gasteiger charge is -2.29. The Balaban J connectivity index is 1.52.